The number of alkyl halides is 1. The molecular formula is C19H23BrF2N4O2. The molecule has 0 bridgehead atoms. The van der Waals surface area contributed by atoms with Crippen LogP contribution in [0.4, 0.5) is 19.5 Å². The van der Waals surface area contributed by atoms with Crippen molar-refractivity contribution in [2.75, 3.05) is 11.4 Å². The van der Waals surface area contributed by atoms with Gasteiger partial charge in [-0.15, -0.1) is 0 Å². The minimum atomic E-state index is -0.763. The van der Waals surface area contributed by atoms with Crippen molar-refractivity contribution in [3.8, 4) is 0 Å². The minimum absolute atomic E-state index is 0.125. The van der Waals surface area contributed by atoms with Gasteiger partial charge in [0.15, 0.2) is 0 Å². The number of pyridine rings is 1. The van der Waals surface area contributed by atoms with Crippen LogP contribution in [0, 0.1) is 11.7 Å². The predicted molar refractivity (Wildman–Crippen MR) is 105 cm³/mol. The first-order valence-corrected chi connectivity index (χ1v) is 9.61. The molecular weight excluding hydrogens is 434 g/mol. The number of ether oxygens (including phenoxy) is 1. The molecule has 1 fully saturated rings. The molecule has 0 aromatic carbocycles. The van der Waals surface area contributed by atoms with Crippen LogP contribution in [0.25, 0.3) is 0 Å². The number of nitrogens with zero attached hydrogens (tertiary/aromatic N) is 4. The van der Waals surface area contributed by atoms with Crippen molar-refractivity contribution in [2.24, 2.45) is 5.92 Å². The summed E-state index contributed by atoms with van der Waals surface area (Å²) in [7, 11) is 0. The topological polar surface area (TPSA) is 68.2 Å². The number of aromatic nitrogens is 3. The Labute approximate surface area is 171 Å². The maximum Gasteiger partial charge on any atom is 0.417 e. The second-order valence-electron chi connectivity index (χ2n) is 7.40. The lowest BCUT2D eigenvalue weighted by Gasteiger charge is -2.34. The van der Waals surface area contributed by atoms with Gasteiger partial charge in [0.2, 0.25) is 5.95 Å². The van der Waals surface area contributed by atoms with E-state index in [1.807, 2.05) is 0 Å². The Morgan fingerprint density at radius 1 is 1.29 bits per heavy atom. The molecule has 0 atom stereocenters. The highest BCUT2D eigenvalue weighted by atomic mass is 79.9. The summed E-state index contributed by atoms with van der Waals surface area (Å²) < 4.78 is 30.9. The van der Waals surface area contributed by atoms with Gasteiger partial charge < -0.3 is 4.74 Å². The molecule has 1 aliphatic carbocycles. The molecule has 0 N–H and O–H groups in total. The Balaban J connectivity index is 0.000000336. The Kier molecular flexibility index (Phi) is 7.79. The zero-order valence-electron chi connectivity index (χ0n) is 16.0. The lowest BCUT2D eigenvalue weighted by atomic mass is 9.83. The molecule has 0 spiro atoms. The highest BCUT2D eigenvalue weighted by Crippen LogP contribution is 2.32. The number of anilines is 1. The third-order valence-electron chi connectivity index (χ3n) is 3.71. The van der Waals surface area contributed by atoms with Crippen LogP contribution < -0.4 is 4.90 Å². The van der Waals surface area contributed by atoms with Gasteiger partial charge in [0.1, 0.15) is 17.6 Å². The number of carbonyl (C=O) groups excluding carboxylic acids is 1. The second kappa shape index (κ2) is 9.86. The SMILES string of the molecule is CC(C)(C)OC(=O)N(CC1CC(F)C1)c1ncc(Br)cn1.Fc1cccnc1. The van der Waals surface area contributed by atoms with Crippen LogP contribution >= 0.6 is 15.9 Å². The Morgan fingerprint density at radius 2 is 1.93 bits per heavy atom. The fraction of sp³-hybridized carbons (Fsp3) is 0.474. The number of hydrogen-bond donors (Lipinski definition) is 0. The summed E-state index contributed by atoms with van der Waals surface area (Å²) in [6.45, 7) is 5.77. The van der Waals surface area contributed by atoms with Gasteiger partial charge in [-0.1, -0.05) is 0 Å². The molecule has 28 heavy (non-hydrogen) atoms. The van der Waals surface area contributed by atoms with Gasteiger partial charge in [-0.3, -0.25) is 4.98 Å². The average Bonchev–Trinajstić information content (AvgIpc) is 2.58. The molecule has 1 saturated carbocycles. The van der Waals surface area contributed by atoms with Crippen LogP contribution in [-0.4, -0.2) is 39.4 Å². The molecule has 0 radical (unpaired) electrons. The molecule has 1 amide bonds. The van der Waals surface area contributed by atoms with E-state index in [9.17, 15) is 13.6 Å². The normalized spacial score (nSPS) is 18.4. The highest BCUT2D eigenvalue weighted by Gasteiger charge is 2.34. The van der Waals surface area contributed by atoms with E-state index in [4.69, 9.17) is 4.74 Å². The lowest BCUT2D eigenvalue weighted by Crippen LogP contribution is -2.43. The lowest BCUT2D eigenvalue weighted by molar-refractivity contribution is 0.0547. The first-order chi connectivity index (χ1) is 13.1. The number of rotatable bonds is 3. The summed E-state index contributed by atoms with van der Waals surface area (Å²) >= 11 is 3.25. The maximum absolute atomic E-state index is 13.0. The van der Waals surface area contributed by atoms with Gasteiger partial charge in [0.25, 0.3) is 0 Å². The van der Waals surface area contributed by atoms with Gasteiger partial charge >= 0.3 is 6.09 Å². The summed E-state index contributed by atoms with van der Waals surface area (Å²) in [5.41, 5.74) is -0.604. The standard InChI is InChI=1S/C14H19BrFN3O2.C5H4FN/c1-14(2,3)21-13(20)19(8-9-4-11(16)5-9)12-17-6-10(15)7-18-12;6-5-2-1-3-7-4-5/h6-7,9,11H,4-5,8H2,1-3H3;1-4H. The van der Waals surface area contributed by atoms with Gasteiger partial charge in [0.05, 0.1) is 10.7 Å². The molecule has 0 aliphatic heterocycles. The Hall–Kier alpha value is -2.16. The van der Waals surface area contributed by atoms with Gasteiger partial charge in [-0.2, -0.15) is 0 Å². The van der Waals surface area contributed by atoms with E-state index in [1.165, 1.54) is 23.4 Å². The molecule has 2 aromatic heterocycles. The van der Waals surface area contributed by atoms with E-state index >= 15 is 0 Å². The summed E-state index contributed by atoms with van der Waals surface area (Å²) in [6.07, 6.45) is 5.50. The van der Waals surface area contributed by atoms with Crippen LogP contribution in [0.2, 0.25) is 0 Å². The zero-order chi connectivity index (χ0) is 20.7. The predicted octanol–water partition coefficient (Wildman–Crippen LogP) is 4.95. The molecule has 2 heterocycles. The number of halogens is 3. The van der Waals surface area contributed by atoms with Gasteiger partial charge in [0, 0.05) is 25.1 Å². The van der Waals surface area contributed by atoms with Crippen molar-refractivity contribution in [1.29, 1.82) is 0 Å². The largest absolute Gasteiger partial charge is 0.443 e. The molecule has 3 rings (SSSR count). The maximum atomic E-state index is 13.0. The zero-order valence-corrected chi connectivity index (χ0v) is 17.6. The van der Waals surface area contributed by atoms with Crippen molar-refractivity contribution >= 4 is 28.0 Å². The van der Waals surface area contributed by atoms with E-state index in [2.05, 4.69) is 30.9 Å². The smallest absolute Gasteiger partial charge is 0.417 e. The van der Waals surface area contributed by atoms with Crippen molar-refractivity contribution in [3.63, 3.8) is 0 Å². The Morgan fingerprint density at radius 3 is 2.36 bits per heavy atom. The molecule has 6 nitrogen and oxygen atoms in total. The molecule has 152 valence electrons. The van der Waals surface area contributed by atoms with Crippen molar-refractivity contribution in [3.05, 3.63) is 47.2 Å². The van der Waals surface area contributed by atoms with Crippen molar-refractivity contribution in [2.45, 2.75) is 45.4 Å². The molecule has 9 heteroatoms. The third kappa shape index (κ3) is 7.46. The number of amides is 1. The summed E-state index contributed by atoms with van der Waals surface area (Å²) in [6, 6.07) is 2.91. The first kappa shape index (κ1) is 22.1. The van der Waals surface area contributed by atoms with Crippen LogP contribution in [0.5, 0.6) is 0 Å². The molecule has 0 saturated heterocycles. The fourth-order valence-electron chi connectivity index (χ4n) is 2.40. The molecule has 1 aliphatic rings. The van der Waals surface area contributed by atoms with E-state index in [1.54, 1.807) is 39.2 Å². The summed E-state index contributed by atoms with van der Waals surface area (Å²) in [5.74, 6) is 0.108. The Bertz CT molecular complexity index is 751. The number of carbonyl (C=O) groups is 1. The summed E-state index contributed by atoms with van der Waals surface area (Å²) in [4.78, 5) is 25.5. The molecule has 2 aromatic rings. The minimum Gasteiger partial charge on any atom is -0.443 e. The highest BCUT2D eigenvalue weighted by molar-refractivity contribution is 9.10. The van der Waals surface area contributed by atoms with Crippen molar-refractivity contribution in [1.82, 2.24) is 15.0 Å². The van der Waals surface area contributed by atoms with Crippen molar-refractivity contribution < 1.29 is 18.3 Å². The fourth-order valence-corrected chi connectivity index (χ4v) is 2.61. The number of hydrogen-bond acceptors (Lipinski definition) is 5. The molecule has 0 unspecified atom stereocenters. The van der Waals surface area contributed by atoms with Crippen LogP contribution in [0.15, 0.2) is 41.4 Å². The van der Waals surface area contributed by atoms with E-state index in [-0.39, 0.29) is 17.7 Å². The van der Waals surface area contributed by atoms with E-state index < -0.39 is 17.9 Å². The van der Waals surface area contributed by atoms with Crippen LogP contribution in [0.3, 0.4) is 0 Å². The third-order valence-corrected chi connectivity index (χ3v) is 4.12. The van der Waals surface area contributed by atoms with Crippen LogP contribution in [-0.2, 0) is 4.74 Å². The van der Waals surface area contributed by atoms with Gasteiger partial charge in [-0.25, -0.2) is 28.4 Å². The monoisotopic (exact) mass is 456 g/mol. The quantitative estimate of drug-likeness (QED) is 0.653. The van der Waals surface area contributed by atoms with E-state index in [0.717, 1.165) is 4.47 Å². The second-order valence-corrected chi connectivity index (χ2v) is 8.31. The first-order valence-electron chi connectivity index (χ1n) is 8.81. The van der Waals surface area contributed by atoms with Gasteiger partial charge in [-0.05, 0) is 67.6 Å². The average molecular weight is 457 g/mol. The van der Waals surface area contributed by atoms with Crippen LogP contribution in [0.1, 0.15) is 33.6 Å². The van der Waals surface area contributed by atoms with E-state index in [0.29, 0.717) is 19.4 Å². The summed E-state index contributed by atoms with van der Waals surface area (Å²) in [5, 5.41) is 0.